The van der Waals surface area contributed by atoms with Gasteiger partial charge in [0.1, 0.15) is 5.75 Å². The molecule has 22 heavy (non-hydrogen) atoms. The number of hydrogen-bond donors (Lipinski definition) is 0. The summed E-state index contributed by atoms with van der Waals surface area (Å²) in [5, 5.41) is 3.36. The lowest BCUT2D eigenvalue weighted by atomic mass is 9.97. The van der Waals surface area contributed by atoms with E-state index in [4.69, 9.17) is 4.74 Å². The van der Waals surface area contributed by atoms with Gasteiger partial charge in [-0.25, -0.2) is 0 Å². The Labute approximate surface area is 137 Å². The number of thioether (sulfide) groups is 1. The second-order valence-electron chi connectivity index (χ2n) is 6.65. The van der Waals surface area contributed by atoms with Crippen LogP contribution < -0.4 is 4.74 Å². The van der Waals surface area contributed by atoms with Gasteiger partial charge in [-0.2, -0.15) is 11.8 Å². The summed E-state index contributed by atoms with van der Waals surface area (Å²) in [5.41, 5.74) is 1.50. The van der Waals surface area contributed by atoms with Gasteiger partial charge in [0.05, 0.1) is 6.10 Å². The molecule has 1 aliphatic heterocycles. The lowest BCUT2D eigenvalue weighted by molar-refractivity contribution is 0.155. The predicted octanol–water partition coefficient (Wildman–Crippen LogP) is 6.12. The molecule has 1 saturated carbocycles. The summed E-state index contributed by atoms with van der Waals surface area (Å²) in [4.78, 5) is 0. The van der Waals surface area contributed by atoms with Crippen LogP contribution in [-0.4, -0.2) is 11.9 Å². The van der Waals surface area contributed by atoms with E-state index in [-0.39, 0.29) is 0 Å². The van der Waals surface area contributed by atoms with Crippen molar-refractivity contribution in [3.8, 4) is 5.75 Å². The zero-order valence-electron chi connectivity index (χ0n) is 13.1. The van der Waals surface area contributed by atoms with E-state index in [9.17, 15) is 0 Å². The maximum absolute atomic E-state index is 6.19. The molecule has 0 amide bonds. The molecule has 0 aromatic heterocycles. The molecule has 0 N–H and O–H groups in total. The highest BCUT2D eigenvalue weighted by Gasteiger charge is 2.18. The summed E-state index contributed by atoms with van der Waals surface area (Å²) in [5.74, 6) is 2.36. The first-order chi connectivity index (χ1) is 10.9. The van der Waals surface area contributed by atoms with Gasteiger partial charge in [0.2, 0.25) is 0 Å². The summed E-state index contributed by atoms with van der Waals surface area (Å²) in [6, 6.07) is 13.6. The van der Waals surface area contributed by atoms with Crippen molar-refractivity contribution in [2.75, 3.05) is 5.75 Å². The largest absolute Gasteiger partial charge is 0.490 e. The quantitative estimate of drug-likeness (QED) is 0.675. The van der Waals surface area contributed by atoms with Gasteiger partial charge in [0.25, 0.3) is 0 Å². The van der Waals surface area contributed by atoms with Gasteiger partial charge in [0.15, 0.2) is 0 Å². The number of ether oxygens (including phenoxy) is 1. The number of benzene rings is 2. The monoisotopic (exact) mass is 312 g/mol. The third-order valence-electron chi connectivity index (χ3n) is 4.99. The molecule has 1 heterocycles. The van der Waals surface area contributed by atoms with Gasteiger partial charge in [-0.3, -0.25) is 0 Å². The Morgan fingerprint density at radius 1 is 0.818 bits per heavy atom. The van der Waals surface area contributed by atoms with Gasteiger partial charge < -0.3 is 4.74 Å². The standard InChI is InChI=1S/C20H24OS/c1-2-5-18(6-3-1)21-19-11-10-15-13-17(9-8-16(15)14-19)20-7-4-12-22-20/h8-11,13-14,18,20H,1-7,12H2. The first kappa shape index (κ1) is 14.4. The van der Waals surface area contributed by atoms with Crippen molar-refractivity contribution in [3.63, 3.8) is 0 Å². The highest BCUT2D eigenvalue weighted by atomic mass is 32.2. The van der Waals surface area contributed by atoms with E-state index >= 15 is 0 Å². The van der Waals surface area contributed by atoms with Crippen molar-refractivity contribution in [1.29, 1.82) is 0 Å². The molecule has 2 aromatic carbocycles. The maximum Gasteiger partial charge on any atom is 0.120 e. The molecule has 1 nitrogen and oxygen atoms in total. The fourth-order valence-corrected chi connectivity index (χ4v) is 5.02. The molecular weight excluding hydrogens is 288 g/mol. The van der Waals surface area contributed by atoms with Gasteiger partial charge in [-0.1, -0.05) is 30.7 Å². The molecule has 0 spiro atoms. The van der Waals surface area contributed by atoms with E-state index in [1.54, 1.807) is 0 Å². The fourth-order valence-electron chi connectivity index (χ4n) is 3.73. The van der Waals surface area contributed by atoms with E-state index in [0.29, 0.717) is 11.4 Å². The third-order valence-corrected chi connectivity index (χ3v) is 6.43. The predicted molar refractivity (Wildman–Crippen MR) is 95.9 cm³/mol. The fraction of sp³-hybridized carbons (Fsp3) is 0.500. The highest BCUT2D eigenvalue weighted by Crippen LogP contribution is 2.40. The Kier molecular flexibility index (Phi) is 4.29. The first-order valence-corrected chi connectivity index (χ1v) is 9.75. The molecule has 2 heteroatoms. The maximum atomic E-state index is 6.19. The average molecular weight is 312 g/mol. The van der Waals surface area contributed by atoms with Crippen LogP contribution in [0.3, 0.4) is 0 Å². The Morgan fingerprint density at radius 3 is 2.45 bits per heavy atom. The molecule has 1 unspecified atom stereocenters. The summed E-state index contributed by atoms with van der Waals surface area (Å²) in [6.07, 6.45) is 9.58. The smallest absolute Gasteiger partial charge is 0.120 e. The second-order valence-corrected chi connectivity index (χ2v) is 7.96. The number of fused-ring (bicyclic) bond motifs is 1. The first-order valence-electron chi connectivity index (χ1n) is 8.70. The average Bonchev–Trinajstić information content (AvgIpc) is 3.10. The minimum absolute atomic E-state index is 0.431. The Bertz CT molecular complexity index is 639. The van der Waals surface area contributed by atoms with Crippen LogP contribution in [0.5, 0.6) is 5.75 Å². The van der Waals surface area contributed by atoms with Crippen LogP contribution in [0.1, 0.15) is 55.8 Å². The second kappa shape index (κ2) is 6.54. The van der Waals surface area contributed by atoms with Crippen LogP contribution in [0.4, 0.5) is 0 Å². The lowest BCUT2D eigenvalue weighted by Crippen LogP contribution is -2.19. The number of hydrogen-bond acceptors (Lipinski definition) is 2. The zero-order valence-corrected chi connectivity index (χ0v) is 13.9. The van der Waals surface area contributed by atoms with Crippen LogP contribution in [0.2, 0.25) is 0 Å². The van der Waals surface area contributed by atoms with Gasteiger partial charge in [-0.05, 0) is 72.7 Å². The van der Waals surface area contributed by atoms with Crippen molar-refractivity contribution in [2.24, 2.45) is 0 Å². The van der Waals surface area contributed by atoms with Crippen molar-refractivity contribution < 1.29 is 4.74 Å². The number of rotatable bonds is 3. The van der Waals surface area contributed by atoms with Crippen LogP contribution in [0, 0.1) is 0 Å². The molecule has 1 aliphatic carbocycles. The molecule has 0 bridgehead atoms. The van der Waals surface area contributed by atoms with E-state index < -0.39 is 0 Å². The molecule has 116 valence electrons. The molecule has 0 radical (unpaired) electrons. The van der Waals surface area contributed by atoms with Gasteiger partial charge in [-0.15, -0.1) is 0 Å². The highest BCUT2D eigenvalue weighted by molar-refractivity contribution is 7.99. The Balaban J connectivity index is 1.54. The summed E-state index contributed by atoms with van der Waals surface area (Å²) >= 11 is 2.11. The molecule has 2 fully saturated rings. The molecule has 2 aliphatic rings. The van der Waals surface area contributed by atoms with E-state index in [0.717, 1.165) is 5.75 Å². The SMILES string of the molecule is c1cc2cc(C3CCCS3)ccc2cc1OC1CCCCC1. The molecule has 1 atom stereocenters. The van der Waals surface area contributed by atoms with E-state index in [2.05, 4.69) is 48.2 Å². The van der Waals surface area contributed by atoms with E-state index in [1.807, 2.05) is 0 Å². The molecule has 2 aromatic rings. The van der Waals surface area contributed by atoms with Crippen molar-refractivity contribution >= 4 is 22.5 Å². The topological polar surface area (TPSA) is 9.23 Å². The minimum Gasteiger partial charge on any atom is -0.490 e. The van der Waals surface area contributed by atoms with Crippen molar-refractivity contribution in [2.45, 2.75) is 56.3 Å². The summed E-state index contributed by atoms with van der Waals surface area (Å²) in [7, 11) is 0. The Morgan fingerprint density at radius 2 is 1.64 bits per heavy atom. The van der Waals surface area contributed by atoms with Crippen LogP contribution >= 0.6 is 11.8 Å². The molecule has 4 rings (SSSR count). The molecular formula is C20H24OS. The normalized spacial score (nSPS) is 23.0. The zero-order chi connectivity index (χ0) is 14.8. The van der Waals surface area contributed by atoms with Crippen molar-refractivity contribution in [1.82, 2.24) is 0 Å². The Hall–Kier alpha value is -1.15. The van der Waals surface area contributed by atoms with Crippen LogP contribution in [0.25, 0.3) is 10.8 Å². The minimum atomic E-state index is 0.431. The van der Waals surface area contributed by atoms with Crippen molar-refractivity contribution in [3.05, 3.63) is 42.0 Å². The lowest BCUT2D eigenvalue weighted by Gasteiger charge is -2.23. The summed E-state index contributed by atoms with van der Waals surface area (Å²) in [6.45, 7) is 0. The molecule has 1 saturated heterocycles. The van der Waals surface area contributed by atoms with Gasteiger partial charge in [0, 0.05) is 5.25 Å². The third kappa shape index (κ3) is 3.12. The van der Waals surface area contributed by atoms with Crippen LogP contribution in [-0.2, 0) is 0 Å². The van der Waals surface area contributed by atoms with E-state index in [1.165, 1.54) is 67.0 Å². The van der Waals surface area contributed by atoms with Gasteiger partial charge >= 0.3 is 0 Å². The summed E-state index contributed by atoms with van der Waals surface area (Å²) < 4.78 is 6.19. The van der Waals surface area contributed by atoms with Crippen LogP contribution in [0.15, 0.2) is 36.4 Å².